The smallest absolute Gasteiger partial charge is 0.258 e. The molecule has 0 amide bonds. The number of benzene rings is 1. The molecular weight excluding hydrogens is 184 g/mol. The van der Waals surface area contributed by atoms with Gasteiger partial charge in [-0.2, -0.15) is 0 Å². The van der Waals surface area contributed by atoms with Gasteiger partial charge in [-0.3, -0.25) is 10.1 Å². The van der Waals surface area contributed by atoms with E-state index in [1.165, 1.54) is 6.07 Å². The Morgan fingerprint density at radius 2 is 2.17 bits per heavy atom. The van der Waals surface area contributed by atoms with E-state index in [0.29, 0.717) is 0 Å². The summed E-state index contributed by atoms with van der Waals surface area (Å²) in [6, 6.07) is 3.52. The molecule has 0 atom stereocenters. The van der Waals surface area contributed by atoms with Gasteiger partial charge < -0.3 is 0 Å². The van der Waals surface area contributed by atoms with Crippen molar-refractivity contribution in [1.82, 2.24) is 0 Å². The lowest BCUT2D eigenvalue weighted by atomic mass is 10.3. The van der Waals surface area contributed by atoms with Crippen LogP contribution in [-0.4, -0.2) is 4.92 Å². The fourth-order valence-electron chi connectivity index (χ4n) is 0.701. The summed E-state index contributed by atoms with van der Waals surface area (Å²) in [6.45, 7) is 0. The highest BCUT2D eigenvalue weighted by atomic mass is 35.5. The minimum absolute atomic E-state index is 0.0746. The van der Waals surface area contributed by atoms with Crippen LogP contribution in [0.3, 0.4) is 0 Å². The molecule has 12 heavy (non-hydrogen) atoms. The van der Waals surface area contributed by atoms with Gasteiger partial charge in [0.05, 0.1) is 4.92 Å². The normalized spacial score (nSPS) is 9.42. The van der Waals surface area contributed by atoms with Crippen LogP contribution in [0.5, 0.6) is 0 Å². The highest BCUT2D eigenvalue weighted by Crippen LogP contribution is 2.28. The van der Waals surface area contributed by atoms with Crippen molar-refractivity contribution in [2.24, 2.45) is 5.18 Å². The molecule has 0 aliphatic rings. The maximum absolute atomic E-state index is 10.2. The molecule has 0 saturated heterocycles. The van der Waals surface area contributed by atoms with Crippen molar-refractivity contribution in [3.8, 4) is 0 Å². The zero-order valence-electron chi connectivity index (χ0n) is 5.73. The summed E-state index contributed by atoms with van der Waals surface area (Å²) in [5.41, 5.74) is -0.158. The van der Waals surface area contributed by atoms with Gasteiger partial charge in [0.15, 0.2) is 0 Å². The van der Waals surface area contributed by atoms with Crippen LogP contribution in [0, 0.1) is 15.0 Å². The summed E-state index contributed by atoms with van der Waals surface area (Å²) in [6.07, 6.45) is 0. The third kappa shape index (κ3) is 1.57. The van der Waals surface area contributed by atoms with Gasteiger partial charge in [0.2, 0.25) is 0 Å². The standard InChI is InChI=1S/C6H3ClN2O3/c7-5-3-4(8-10)1-2-6(5)9(11)12/h1-3H. The fraction of sp³-hybridized carbons (Fsp3) is 0. The molecule has 0 saturated carbocycles. The Bertz CT molecular complexity index is 340. The van der Waals surface area contributed by atoms with E-state index in [4.69, 9.17) is 11.6 Å². The van der Waals surface area contributed by atoms with Crippen molar-refractivity contribution >= 4 is 23.0 Å². The Labute approximate surface area is 72.1 Å². The van der Waals surface area contributed by atoms with Crippen molar-refractivity contribution in [2.45, 2.75) is 0 Å². The molecule has 0 fully saturated rings. The summed E-state index contributed by atoms with van der Waals surface area (Å²) in [5, 5.41) is 12.7. The first kappa shape index (κ1) is 8.61. The number of nitro groups is 1. The van der Waals surface area contributed by atoms with Crippen LogP contribution in [0.2, 0.25) is 5.02 Å². The minimum atomic E-state index is -0.628. The molecule has 1 rings (SSSR count). The Kier molecular flexibility index (Phi) is 2.35. The van der Waals surface area contributed by atoms with Gasteiger partial charge in [-0.05, 0) is 17.3 Å². The van der Waals surface area contributed by atoms with E-state index in [-0.39, 0.29) is 16.4 Å². The molecule has 6 heteroatoms. The van der Waals surface area contributed by atoms with E-state index < -0.39 is 4.92 Å². The summed E-state index contributed by atoms with van der Waals surface area (Å²) < 4.78 is 0. The van der Waals surface area contributed by atoms with Crippen LogP contribution < -0.4 is 0 Å². The fourth-order valence-corrected chi connectivity index (χ4v) is 0.944. The van der Waals surface area contributed by atoms with Gasteiger partial charge in [-0.25, -0.2) is 0 Å². The molecule has 1 aromatic rings. The molecule has 0 spiro atoms. The molecular formula is C6H3ClN2O3. The molecule has 0 unspecified atom stereocenters. The highest BCUT2D eigenvalue weighted by molar-refractivity contribution is 6.32. The van der Waals surface area contributed by atoms with Gasteiger partial charge >= 0.3 is 0 Å². The van der Waals surface area contributed by atoms with E-state index in [1.54, 1.807) is 0 Å². The molecule has 62 valence electrons. The number of nitroso groups, excluding NO2 is 1. The monoisotopic (exact) mass is 186 g/mol. The van der Waals surface area contributed by atoms with E-state index in [0.717, 1.165) is 12.1 Å². The number of hydrogen-bond donors (Lipinski definition) is 0. The Balaban J connectivity index is 3.20. The first-order valence-corrected chi connectivity index (χ1v) is 3.30. The Hall–Kier alpha value is -1.49. The van der Waals surface area contributed by atoms with Crippen molar-refractivity contribution in [1.29, 1.82) is 0 Å². The summed E-state index contributed by atoms with van der Waals surface area (Å²) >= 11 is 5.46. The summed E-state index contributed by atoms with van der Waals surface area (Å²) in [4.78, 5) is 19.6. The number of nitro benzene ring substituents is 1. The number of halogens is 1. The topological polar surface area (TPSA) is 72.6 Å². The van der Waals surface area contributed by atoms with Crippen LogP contribution in [-0.2, 0) is 0 Å². The lowest BCUT2D eigenvalue weighted by molar-refractivity contribution is -0.384. The summed E-state index contributed by atoms with van der Waals surface area (Å²) in [7, 11) is 0. The van der Waals surface area contributed by atoms with Crippen molar-refractivity contribution < 1.29 is 4.92 Å². The molecule has 0 aliphatic carbocycles. The zero-order chi connectivity index (χ0) is 9.14. The van der Waals surface area contributed by atoms with E-state index >= 15 is 0 Å². The predicted molar refractivity (Wildman–Crippen MR) is 43.6 cm³/mol. The third-order valence-electron chi connectivity index (χ3n) is 1.23. The van der Waals surface area contributed by atoms with Gasteiger partial charge in [-0.15, -0.1) is 4.91 Å². The number of rotatable bonds is 2. The van der Waals surface area contributed by atoms with E-state index in [9.17, 15) is 15.0 Å². The van der Waals surface area contributed by atoms with Gasteiger partial charge in [0.1, 0.15) is 10.7 Å². The third-order valence-corrected chi connectivity index (χ3v) is 1.54. The molecule has 0 radical (unpaired) electrons. The number of hydrogen-bond acceptors (Lipinski definition) is 4. The molecule has 0 N–H and O–H groups in total. The largest absolute Gasteiger partial charge is 0.288 e. The average Bonchev–Trinajstić information content (AvgIpc) is 2.03. The molecule has 0 heterocycles. The maximum atomic E-state index is 10.2. The highest BCUT2D eigenvalue weighted by Gasteiger charge is 2.11. The molecule has 0 aromatic heterocycles. The van der Waals surface area contributed by atoms with Crippen molar-refractivity contribution in [2.75, 3.05) is 0 Å². The maximum Gasteiger partial charge on any atom is 0.288 e. The molecule has 1 aromatic carbocycles. The minimum Gasteiger partial charge on any atom is -0.258 e. The van der Waals surface area contributed by atoms with Crippen LogP contribution in [0.25, 0.3) is 0 Å². The first-order chi connectivity index (χ1) is 5.65. The molecule has 0 bridgehead atoms. The van der Waals surface area contributed by atoms with Crippen LogP contribution in [0.1, 0.15) is 0 Å². The Morgan fingerprint density at radius 1 is 1.50 bits per heavy atom. The second kappa shape index (κ2) is 3.27. The van der Waals surface area contributed by atoms with Gasteiger partial charge in [0.25, 0.3) is 5.69 Å². The van der Waals surface area contributed by atoms with Gasteiger partial charge in [-0.1, -0.05) is 11.6 Å². The first-order valence-electron chi connectivity index (χ1n) is 2.92. The predicted octanol–water partition coefficient (Wildman–Crippen LogP) is 2.65. The van der Waals surface area contributed by atoms with E-state index in [1.807, 2.05) is 0 Å². The average molecular weight is 187 g/mol. The van der Waals surface area contributed by atoms with E-state index in [2.05, 4.69) is 5.18 Å². The quantitative estimate of drug-likeness (QED) is 0.405. The van der Waals surface area contributed by atoms with Crippen LogP contribution >= 0.6 is 11.6 Å². The van der Waals surface area contributed by atoms with Gasteiger partial charge in [0, 0.05) is 6.07 Å². The zero-order valence-corrected chi connectivity index (χ0v) is 6.49. The lowest BCUT2D eigenvalue weighted by Crippen LogP contribution is -1.87. The number of nitrogens with zero attached hydrogens (tertiary/aromatic N) is 2. The second-order valence-electron chi connectivity index (χ2n) is 1.98. The summed E-state index contributed by atoms with van der Waals surface area (Å²) in [5.74, 6) is 0. The Morgan fingerprint density at radius 3 is 2.58 bits per heavy atom. The van der Waals surface area contributed by atoms with Crippen LogP contribution in [0.15, 0.2) is 23.4 Å². The molecule has 0 aliphatic heterocycles. The van der Waals surface area contributed by atoms with Crippen LogP contribution in [0.4, 0.5) is 11.4 Å². The SMILES string of the molecule is O=Nc1ccc([N+](=O)[O-])c(Cl)c1. The second-order valence-corrected chi connectivity index (χ2v) is 2.39. The van der Waals surface area contributed by atoms with Crippen molar-refractivity contribution in [3.05, 3.63) is 38.2 Å². The molecule has 5 nitrogen and oxygen atoms in total. The lowest BCUT2D eigenvalue weighted by Gasteiger charge is -1.93. The van der Waals surface area contributed by atoms with Crippen molar-refractivity contribution in [3.63, 3.8) is 0 Å².